The highest BCUT2D eigenvalue weighted by Gasteiger charge is 2.34. The number of morpholine rings is 1. The predicted octanol–water partition coefficient (Wildman–Crippen LogP) is 1.33. The van der Waals surface area contributed by atoms with Crippen LogP contribution in [0.5, 0.6) is 0 Å². The molecule has 104 valence electrons. The minimum atomic E-state index is -0.163. The molecule has 0 bridgehead atoms. The highest BCUT2D eigenvalue weighted by molar-refractivity contribution is 5.70. The van der Waals surface area contributed by atoms with Crippen LogP contribution in [0.1, 0.15) is 27.2 Å². The normalized spacial score (nSPS) is 27.7. The number of carbonyl (C=O) groups is 1. The number of rotatable bonds is 4. The molecule has 2 fully saturated rings. The average molecular weight is 256 g/mol. The van der Waals surface area contributed by atoms with Crippen LogP contribution in [0.3, 0.4) is 0 Å². The monoisotopic (exact) mass is 256 g/mol. The molecule has 2 unspecified atom stereocenters. The van der Waals surface area contributed by atoms with Crippen molar-refractivity contribution >= 4 is 6.09 Å². The Bertz CT molecular complexity index is 290. The maximum Gasteiger partial charge on any atom is 0.410 e. The highest BCUT2D eigenvalue weighted by atomic mass is 16.6. The van der Waals surface area contributed by atoms with Gasteiger partial charge in [-0.25, -0.2) is 4.79 Å². The fourth-order valence-corrected chi connectivity index (χ4v) is 2.63. The lowest BCUT2D eigenvalue weighted by Crippen LogP contribution is -2.43. The van der Waals surface area contributed by atoms with Crippen molar-refractivity contribution in [2.45, 2.75) is 45.4 Å². The van der Waals surface area contributed by atoms with Gasteiger partial charge in [-0.2, -0.15) is 0 Å². The van der Waals surface area contributed by atoms with Crippen LogP contribution in [0.25, 0.3) is 0 Å². The molecule has 18 heavy (non-hydrogen) atoms. The SMILES string of the molecule is CC(CC1CN(C(C)C)C(=O)O1)N1CCOCC1. The molecule has 0 aromatic carbocycles. The zero-order chi connectivity index (χ0) is 13.1. The number of nitrogens with zero attached hydrogens (tertiary/aromatic N) is 2. The largest absolute Gasteiger partial charge is 0.444 e. The molecule has 0 radical (unpaired) electrons. The summed E-state index contributed by atoms with van der Waals surface area (Å²) >= 11 is 0. The second-order valence-corrected chi connectivity index (χ2v) is 5.48. The summed E-state index contributed by atoms with van der Waals surface area (Å²) in [6.45, 7) is 10.6. The molecule has 0 aromatic rings. The molecule has 0 spiro atoms. The molecule has 0 N–H and O–H groups in total. The van der Waals surface area contributed by atoms with Gasteiger partial charge in [-0.3, -0.25) is 4.90 Å². The molecule has 2 heterocycles. The van der Waals surface area contributed by atoms with Gasteiger partial charge in [-0.05, 0) is 20.8 Å². The van der Waals surface area contributed by atoms with Gasteiger partial charge in [0.15, 0.2) is 0 Å². The first-order chi connectivity index (χ1) is 8.58. The summed E-state index contributed by atoms with van der Waals surface area (Å²) in [6.07, 6.45) is 0.788. The van der Waals surface area contributed by atoms with E-state index in [4.69, 9.17) is 9.47 Å². The van der Waals surface area contributed by atoms with E-state index in [9.17, 15) is 4.79 Å². The molecule has 0 saturated carbocycles. The van der Waals surface area contributed by atoms with E-state index in [1.807, 2.05) is 13.8 Å². The van der Waals surface area contributed by atoms with Crippen molar-refractivity contribution in [1.29, 1.82) is 0 Å². The van der Waals surface area contributed by atoms with Crippen molar-refractivity contribution in [2.24, 2.45) is 0 Å². The molecule has 2 atom stereocenters. The molecule has 5 heteroatoms. The van der Waals surface area contributed by atoms with E-state index in [1.165, 1.54) is 0 Å². The summed E-state index contributed by atoms with van der Waals surface area (Å²) in [5.41, 5.74) is 0. The van der Waals surface area contributed by atoms with Crippen LogP contribution in [0.2, 0.25) is 0 Å². The van der Waals surface area contributed by atoms with E-state index in [0.29, 0.717) is 6.04 Å². The number of amides is 1. The van der Waals surface area contributed by atoms with E-state index in [-0.39, 0.29) is 18.2 Å². The standard InChI is InChI=1S/C13H24N2O3/c1-10(2)15-9-12(18-13(15)16)8-11(3)14-4-6-17-7-5-14/h10-12H,4-9H2,1-3H3. The van der Waals surface area contributed by atoms with Gasteiger partial charge in [0, 0.05) is 31.6 Å². The third-order valence-electron chi connectivity index (χ3n) is 3.80. The highest BCUT2D eigenvalue weighted by Crippen LogP contribution is 2.20. The smallest absolute Gasteiger partial charge is 0.410 e. The summed E-state index contributed by atoms with van der Waals surface area (Å²) in [6, 6.07) is 0.667. The molecule has 1 amide bonds. The Kier molecular flexibility index (Phi) is 4.45. The number of cyclic esters (lactones) is 1. The fourth-order valence-electron chi connectivity index (χ4n) is 2.63. The Labute approximate surface area is 109 Å². The third kappa shape index (κ3) is 3.14. The second kappa shape index (κ2) is 5.89. The molecular formula is C13H24N2O3. The molecule has 2 aliphatic heterocycles. The minimum absolute atomic E-state index is 0.0396. The Balaban J connectivity index is 1.81. The van der Waals surface area contributed by atoms with Crippen molar-refractivity contribution in [1.82, 2.24) is 9.80 Å². The topological polar surface area (TPSA) is 42.0 Å². The molecule has 2 aliphatic rings. The molecule has 2 rings (SSSR count). The van der Waals surface area contributed by atoms with Crippen molar-refractivity contribution in [3.8, 4) is 0 Å². The Morgan fingerprint density at radius 1 is 1.28 bits per heavy atom. The summed E-state index contributed by atoms with van der Waals surface area (Å²) in [7, 11) is 0. The summed E-state index contributed by atoms with van der Waals surface area (Å²) in [5.74, 6) is 0. The van der Waals surface area contributed by atoms with Gasteiger partial charge >= 0.3 is 6.09 Å². The lowest BCUT2D eigenvalue weighted by Gasteiger charge is -2.33. The van der Waals surface area contributed by atoms with E-state index in [2.05, 4.69) is 11.8 Å². The Morgan fingerprint density at radius 3 is 2.50 bits per heavy atom. The molecule has 0 aromatic heterocycles. The van der Waals surface area contributed by atoms with E-state index >= 15 is 0 Å². The molecular weight excluding hydrogens is 232 g/mol. The Morgan fingerprint density at radius 2 is 1.94 bits per heavy atom. The maximum absolute atomic E-state index is 11.7. The quantitative estimate of drug-likeness (QED) is 0.761. The first-order valence-corrected chi connectivity index (χ1v) is 6.87. The zero-order valence-electron chi connectivity index (χ0n) is 11.6. The van der Waals surface area contributed by atoms with Crippen LogP contribution in [-0.2, 0) is 9.47 Å². The predicted molar refractivity (Wildman–Crippen MR) is 68.6 cm³/mol. The maximum atomic E-state index is 11.7. The lowest BCUT2D eigenvalue weighted by atomic mass is 10.1. The number of hydrogen-bond acceptors (Lipinski definition) is 4. The Hall–Kier alpha value is -0.810. The van der Waals surface area contributed by atoms with Crippen molar-refractivity contribution in [3.05, 3.63) is 0 Å². The summed E-state index contributed by atoms with van der Waals surface area (Å²) in [5, 5.41) is 0. The van der Waals surface area contributed by atoms with Crippen LogP contribution in [0.15, 0.2) is 0 Å². The van der Waals surface area contributed by atoms with Gasteiger partial charge in [0.1, 0.15) is 6.10 Å². The van der Waals surface area contributed by atoms with Crippen LogP contribution in [-0.4, -0.2) is 66.9 Å². The summed E-state index contributed by atoms with van der Waals surface area (Å²) in [4.78, 5) is 15.9. The summed E-state index contributed by atoms with van der Waals surface area (Å²) < 4.78 is 10.8. The van der Waals surface area contributed by atoms with Crippen molar-refractivity contribution in [2.75, 3.05) is 32.8 Å². The first-order valence-electron chi connectivity index (χ1n) is 6.87. The average Bonchev–Trinajstić information content (AvgIpc) is 2.71. The molecule has 5 nitrogen and oxygen atoms in total. The van der Waals surface area contributed by atoms with Crippen LogP contribution in [0.4, 0.5) is 4.79 Å². The number of carbonyl (C=O) groups excluding carboxylic acids is 1. The molecule has 2 saturated heterocycles. The van der Waals surface area contributed by atoms with Crippen LogP contribution >= 0.6 is 0 Å². The van der Waals surface area contributed by atoms with Crippen molar-refractivity contribution in [3.63, 3.8) is 0 Å². The molecule has 0 aliphatic carbocycles. The van der Waals surface area contributed by atoms with E-state index in [0.717, 1.165) is 39.3 Å². The van der Waals surface area contributed by atoms with E-state index in [1.54, 1.807) is 4.90 Å². The van der Waals surface area contributed by atoms with Gasteiger partial charge < -0.3 is 14.4 Å². The van der Waals surface area contributed by atoms with Gasteiger partial charge in [-0.1, -0.05) is 0 Å². The van der Waals surface area contributed by atoms with Gasteiger partial charge in [-0.15, -0.1) is 0 Å². The second-order valence-electron chi connectivity index (χ2n) is 5.48. The number of ether oxygens (including phenoxy) is 2. The lowest BCUT2D eigenvalue weighted by molar-refractivity contribution is 0.0102. The van der Waals surface area contributed by atoms with Gasteiger partial charge in [0.2, 0.25) is 0 Å². The van der Waals surface area contributed by atoms with Gasteiger partial charge in [0.05, 0.1) is 19.8 Å². The minimum Gasteiger partial charge on any atom is -0.444 e. The zero-order valence-corrected chi connectivity index (χ0v) is 11.6. The number of hydrogen-bond donors (Lipinski definition) is 0. The van der Waals surface area contributed by atoms with E-state index < -0.39 is 0 Å². The van der Waals surface area contributed by atoms with Crippen LogP contribution in [0, 0.1) is 0 Å². The first kappa shape index (κ1) is 13.6. The van der Waals surface area contributed by atoms with Crippen LogP contribution < -0.4 is 0 Å². The fraction of sp³-hybridized carbons (Fsp3) is 0.923. The van der Waals surface area contributed by atoms with Gasteiger partial charge in [0.25, 0.3) is 0 Å². The van der Waals surface area contributed by atoms with Crippen molar-refractivity contribution < 1.29 is 14.3 Å². The third-order valence-corrected chi connectivity index (χ3v) is 3.80.